The van der Waals surface area contributed by atoms with Crippen LogP contribution in [0.4, 0.5) is 0 Å². The Balaban J connectivity index is 2.19. The molecule has 2 aliphatic rings. The van der Waals surface area contributed by atoms with Gasteiger partial charge in [-0.25, -0.2) is 4.79 Å². The number of carbonyl (C=O) groups excluding carboxylic acids is 2. The van der Waals surface area contributed by atoms with Crippen LogP contribution in [0.3, 0.4) is 0 Å². The summed E-state index contributed by atoms with van der Waals surface area (Å²) in [4.78, 5) is 38.6. The molecule has 1 aromatic heterocycles. The first-order valence-corrected chi connectivity index (χ1v) is 7.96. The van der Waals surface area contributed by atoms with Gasteiger partial charge >= 0.3 is 5.97 Å². The fraction of sp³-hybridized carbons (Fsp3) is 0.500. The van der Waals surface area contributed by atoms with Crippen LogP contribution in [0, 0.1) is 0 Å². The predicted molar refractivity (Wildman–Crippen MR) is 86.7 cm³/mol. The molecule has 0 aliphatic carbocycles. The van der Waals surface area contributed by atoms with Crippen LogP contribution in [0.2, 0.25) is 0 Å². The van der Waals surface area contributed by atoms with Crippen molar-refractivity contribution in [3.8, 4) is 5.75 Å². The Morgan fingerprint density at radius 1 is 1.43 bits per heavy atom. The van der Waals surface area contributed by atoms with Crippen LogP contribution in [-0.4, -0.2) is 47.3 Å². The molecule has 1 fully saturated rings. The van der Waals surface area contributed by atoms with Gasteiger partial charge in [0, 0.05) is 12.2 Å². The molecule has 2 atom stereocenters. The van der Waals surface area contributed by atoms with Crippen LogP contribution in [0.25, 0.3) is 0 Å². The van der Waals surface area contributed by atoms with E-state index in [1.54, 1.807) is 4.90 Å². The van der Waals surface area contributed by atoms with E-state index in [1.165, 1.54) is 40.9 Å². The van der Waals surface area contributed by atoms with E-state index >= 15 is 0 Å². The summed E-state index contributed by atoms with van der Waals surface area (Å²) in [6.07, 6.45) is 1.64. The third kappa shape index (κ3) is 2.51. The number of hydrogen-bond donors (Lipinski definition) is 0. The number of pyridine rings is 1. The highest BCUT2D eigenvalue weighted by Gasteiger charge is 2.41. The van der Waals surface area contributed by atoms with Crippen molar-refractivity contribution < 1.29 is 22.1 Å². The lowest BCUT2D eigenvalue weighted by atomic mass is 10.1. The van der Waals surface area contributed by atoms with Crippen LogP contribution in [0.5, 0.6) is 5.75 Å². The monoisotopic (exact) mass is 434 g/mol. The molecule has 3 heterocycles. The zero-order valence-corrected chi connectivity index (χ0v) is 14.7. The third-order valence-corrected chi connectivity index (χ3v) is 4.55. The molecular weight excluding hydrogens is 419 g/mol. The molecule has 0 unspecified atom stereocenters. The molecule has 124 valence electrons. The Kier molecular flexibility index (Phi) is 4.32. The smallest absolute Gasteiger partial charge is 0.353 e. The van der Waals surface area contributed by atoms with Crippen LogP contribution < -0.4 is 10.2 Å². The topological polar surface area (TPSA) is 87.1 Å². The normalized spacial score (nSPS) is 23.1. The number of amides is 1. The maximum atomic E-state index is 12.8. The minimum atomic E-state index is -0.781. The molecule has 0 spiro atoms. The van der Waals surface area contributed by atoms with Gasteiger partial charge in [-0.3, -0.25) is 9.59 Å². The average molecular weight is 434 g/mol. The molecule has 2 aliphatic heterocycles. The lowest BCUT2D eigenvalue weighted by Gasteiger charge is -2.44. The maximum Gasteiger partial charge on any atom is 0.353 e. The Morgan fingerprint density at radius 2 is 2.17 bits per heavy atom. The van der Waals surface area contributed by atoms with E-state index in [0.717, 1.165) is 6.42 Å². The van der Waals surface area contributed by atoms with Crippen LogP contribution in [0.1, 0.15) is 34.2 Å². The maximum absolute atomic E-state index is 12.8. The van der Waals surface area contributed by atoms with Gasteiger partial charge in [-0.2, -0.15) is 0 Å². The third-order valence-electron chi connectivity index (χ3n) is 4.15. The second-order valence-corrected chi connectivity index (χ2v) is 5.89. The average Bonchev–Trinajstić information content (AvgIpc) is 2.54. The summed E-state index contributed by atoms with van der Waals surface area (Å²) in [6, 6.07) is 0.00814. The molecule has 1 aromatic rings. The van der Waals surface area contributed by atoms with Crippen LogP contribution in [-0.2, 0) is 14.3 Å². The Morgan fingerprint density at radius 3 is 2.83 bits per heavy atom. The van der Waals surface area contributed by atoms with Gasteiger partial charge in [0.25, 0.3) is 5.91 Å². The molecular formula is C14H15IN2O6. The number of hydrogen-bond acceptors (Lipinski definition) is 6. The van der Waals surface area contributed by atoms with Gasteiger partial charge in [0.15, 0.2) is 40.7 Å². The second kappa shape index (κ2) is 6.11. The molecule has 1 saturated heterocycles. The molecule has 0 saturated carbocycles. The van der Waals surface area contributed by atoms with Crippen molar-refractivity contribution in [2.24, 2.45) is 0 Å². The number of ether oxygens (including phenoxy) is 2. The van der Waals surface area contributed by atoms with Crippen LogP contribution >= 0.6 is 23.0 Å². The first-order valence-electron chi connectivity index (χ1n) is 7.08. The number of methoxy groups -OCH3 is 1. The minimum absolute atomic E-state index is 0.00814. The summed E-state index contributed by atoms with van der Waals surface area (Å²) in [6.45, 7) is 2.82. The number of rotatable bonds is 2. The number of fused-ring (bicyclic) bond motifs is 2. The molecule has 0 aromatic carbocycles. The molecule has 0 radical (unpaired) electrons. The highest BCUT2D eigenvalue weighted by atomic mass is 127. The lowest BCUT2D eigenvalue weighted by molar-refractivity contribution is -0.112. The van der Waals surface area contributed by atoms with Gasteiger partial charge in [0.2, 0.25) is 5.43 Å². The van der Waals surface area contributed by atoms with Gasteiger partial charge in [-0.1, -0.05) is 0 Å². The quantitative estimate of drug-likeness (QED) is 0.645. The first kappa shape index (κ1) is 16.2. The van der Waals surface area contributed by atoms with Crippen molar-refractivity contribution in [3.05, 3.63) is 27.7 Å². The fourth-order valence-corrected chi connectivity index (χ4v) is 3.26. The molecule has 8 nitrogen and oxygen atoms in total. The van der Waals surface area contributed by atoms with Gasteiger partial charge in [0.05, 0.1) is 20.3 Å². The van der Waals surface area contributed by atoms with Gasteiger partial charge < -0.3 is 22.0 Å². The van der Waals surface area contributed by atoms with Gasteiger partial charge in [-0.05, 0) is 13.3 Å². The highest BCUT2D eigenvalue weighted by Crippen LogP contribution is 2.29. The second-order valence-electron chi connectivity index (χ2n) is 5.45. The van der Waals surface area contributed by atoms with Crippen molar-refractivity contribution in [3.63, 3.8) is 0 Å². The number of halogens is 1. The summed E-state index contributed by atoms with van der Waals surface area (Å²) in [5.74, 6) is -1.26. The predicted octanol–water partition coefficient (Wildman–Crippen LogP) is 0.954. The molecule has 1 amide bonds. The number of nitrogens with zero attached hydrogens (tertiary/aromatic N) is 2. The number of carbonyl (C=O) groups is 2. The molecule has 9 heteroatoms. The van der Waals surface area contributed by atoms with E-state index in [-0.39, 0.29) is 29.0 Å². The van der Waals surface area contributed by atoms with E-state index in [4.69, 9.17) is 9.47 Å². The van der Waals surface area contributed by atoms with Crippen LogP contribution in [0.15, 0.2) is 11.0 Å². The SMILES string of the molecule is COc1c2n(cc(C(=O)OI)c1=O)C[C@@H]1OCC[C@@H](C)N1C2=O. The largest absolute Gasteiger partial charge is 0.491 e. The van der Waals surface area contributed by atoms with Crippen molar-refractivity contribution in [2.75, 3.05) is 13.7 Å². The zero-order valence-electron chi connectivity index (χ0n) is 12.6. The molecule has 0 N–H and O–H groups in total. The first-order chi connectivity index (χ1) is 11.0. The molecule has 0 bridgehead atoms. The molecule has 23 heavy (non-hydrogen) atoms. The summed E-state index contributed by atoms with van der Waals surface area (Å²) < 4.78 is 16.9. The van der Waals surface area contributed by atoms with E-state index < -0.39 is 17.6 Å². The summed E-state index contributed by atoms with van der Waals surface area (Å²) >= 11 is 1.41. The Labute approximate surface area is 146 Å². The fourth-order valence-electron chi connectivity index (χ4n) is 3.02. The Bertz CT molecular complexity index is 731. The summed E-state index contributed by atoms with van der Waals surface area (Å²) in [5.41, 5.74) is -0.695. The molecule has 3 rings (SSSR count). The van der Waals surface area contributed by atoms with Crippen molar-refractivity contribution in [2.45, 2.75) is 32.2 Å². The van der Waals surface area contributed by atoms with E-state index in [9.17, 15) is 14.4 Å². The summed E-state index contributed by atoms with van der Waals surface area (Å²) in [5, 5.41) is 0. The van der Waals surface area contributed by atoms with Gasteiger partial charge in [-0.15, -0.1) is 0 Å². The van der Waals surface area contributed by atoms with Crippen molar-refractivity contribution >= 4 is 34.9 Å². The van der Waals surface area contributed by atoms with Crippen molar-refractivity contribution in [1.29, 1.82) is 0 Å². The minimum Gasteiger partial charge on any atom is -0.491 e. The standard InChI is InChI=1S/C14H15IN2O6/c1-7-3-4-22-9-6-16-5-8(14(20)23-15)11(18)12(21-2)10(16)13(19)17(7)9/h5,7,9H,3-4,6H2,1-2H3/t7-,9+/m1/s1. The lowest BCUT2D eigenvalue weighted by Crippen LogP contribution is -2.57. The van der Waals surface area contributed by atoms with Gasteiger partial charge in [0.1, 0.15) is 5.56 Å². The van der Waals surface area contributed by atoms with E-state index in [1.807, 2.05) is 6.92 Å². The summed E-state index contributed by atoms with van der Waals surface area (Å²) in [7, 11) is 1.30. The van der Waals surface area contributed by atoms with Crippen molar-refractivity contribution in [1.82, 2.24) is 9.47 Å². The van der Waals surface area contributed by atoms with E-state index in [2.05, 4.69) is 3.07 Å². The number of aromatic nitrogens is 1. The highest BCUT2D eigenvalue weighted by molar-refractivity contribution is 14.1. The Hall–Kier alpha value is -1.62. The zero-order chi connectivity index (χ0) is 16.7. The van der Waals surface area contributed by atoms with E-state index in [0.29, 0.717) is 13.2 Å².